The second kappa shape index (κ2) is 10.9. The Morgan fingerprint density at radius 3 is 2.26 bits per heavy atom. The van der Waals surface area contributed by atoms with Crippen molar-refractivity contribution >= 4 is 11.8 Å². The van der Waals surface area contributed by atoms with Gasteiger partial charge in [0, 0.05) is 5.56 Å². The van der Waals surface area contributed by atoms with Gasteiger partial charge in [-0.2, -0.15) is 0 Å². The summed E-state index contributed by atoms with van der Waals surface area (Å²) in [7, 11) is 1.27. The maximum atomic E-state index is 12.8. The zero-order valence-electron chi connectivity index (χ0n) is 15.4. The van der Waals surface area contributed by atoms with Gasteiger partial charge in [0.1, 0.15) is 18.3 Å². The summed E-state index contributed by atoms with van der Waals surface area (Å²) in [6.07, 6.45) is 1.29. The summed E-state index contributed by atoms with van der Waals surface area (Å²) in [4.78, 5) is 25.1. The van der Waals surface area contributed by atoms with Crippen LogP contribution in [0.25, 0.3) is 0 Å². The number of esters is 1. The summed E-state index contributed by atoms with van der Waals surface area (Å²) < 4.78 is 16.3. The second-order valence-electron chi connectivity index (χ2n) is 5.91. The largest absolute Gasteiger partial charge is 0.491 e. The lowest BCUT2D eigenvalue weighted by Crippen LogP contribution is -2.33. The standard InChI is InChI=1S/C22H24O5/c1-3-14-26-19(16-27-18-12-8-5-9-13-18)15-20(22(24)25-2)21(23)17-10-6-4-7-11-17/h3-13,19-20H,1,14-16H2,2H3. The van der Waals surface area contributed by atoms with Crippen LogP contribution in [-0.4, -0.2) is 38.2 Å². The summed E-state index contributed by atoms with van der Waals surface area (Å²) in [6, 6.07) is 18.0. The van der Waals surface area contributed by atoms with Gasteiger partial charge in [-0.15, -0.1) is 6.58 Å². The van der Waals surface area contributed by atoms with E-state index in [1.165, 1.54) is 7.11 Å². The molecule has 2 aromatic carbocycles. The molecule has 0 aromatic heterocycles. The van der Waals surface area contributed by atoms with Gasteiger partial charge >= 0.3 is 5.97 Å². The van der Waals surface area contributed by atoms with Crippen molar-refractivity contribution in [2.45, 2.75) is 12.5 Å². The third-order valence-corrected chi connectivity index (χ3v) is 3.99. The van der Waals surface area contributed by atoms with Crippen LogP contribution in [0.1, 0.15) is 16.8 Å². The Morgan fingerprint density at radius 2 is 1.67 bits per heavy atom. The van der Waals surface area contributed by atoms with Crippen molar-refractivity contribution in [3.63, 3.8) is 0 Å². The van der Waals surface area contributed by atoms with E-state index >= 15 is 0 Å². The van der Waals surface area contributed by atoms with Crippen LogP contribution in [-0.2, 0) is 14.3 Å². The molecule has 5 nitrogen and oxygen atoms in total. The summed E-state index contributed by atoms with van der Waals surface area (Å²) in [5, 5.41) is 0. The number of rotatable bonds is 11. The van der Waals surface area contributed by atoms with Crippen molar-refractivity contribution < 1.29 is 23.8 Å². The molecular weight excluding hydrogens is 344 g/mol. The molecule has 2 atom stereocenters. The fourth-order valence-corrected chi connectivity index (χ4v) is 2.61. The number of ether oxygens (including phenoxy) is 3. The highest BCUT2D eigenvalue weighted by atomic mass is 16.5. The van der Waals surface area contributed by atoms with Crippen molar-refractivity contribution in [2.75, 3.05) is 20.3 Å². The molecule has 0 amide bonds. The number of hydrogen-bond acceptors (Lipinski definition) is 5. The molecule has 0 aliphatic heterocycles. The lowest BCUT2D eigenvalue weighted by atomic mass is 9.92. The molecule has 27 heavy (non-hydrogen) atoms. The van der Waals surface area contributed by atoms with Gasteiger partial charge in [-0.1, -0.05) is 54.6 Å². The van der Waals surface area contributed by atoms with Gasteiger partial charge in [0.25, 0.3) is 0 Å². The van der Waals surface area contributed by atoms with Crippen LogP contribution in [0.3, 0.4) is 0 Å². The number of ketones is 1. The van der Waals surface area contributed by atoms with Crippen LogP contribution < -0.4 is 4.74 Å². The highest BCUT2D eigenvalue weighted by molar-refractivity contribution is 6.08. The predicted molar refractivity (Wildman–Crippen MR) is 103 cm³/mol. The Labute approximate surface area is 159 Å². The van der Waals surface area contributed by atoms with E-state index in [2.05, 4.69) is 6.58 Å². The van der Waals surface area contributed by atoms with E-state index in [0.717, 1.165) is 0 Å². The minimum atomic E-state index is -0.966. The molecule has 0 bridgehead atoms. The zero-order valence-corrected chi connectivity index (χ0v) is 15.4. The molecule has 0 radical (unpaired) electrons. The molecule has 2 unspecified atom stereocenters. The summed E-state index contributed by atoms with van der Waals surface area (Å²) in [5.41, 5.74) is 0.458. The average Bonchev–Trinajstić information content (AvgIpc) is 2.73. The first-order chi connectivity index (χ1) is 13.2. The highest BCUT2D eigenvalue weighted by Gasteiger charge is 2.32. The summed E-state index contributed by atoms with van der Waals surface area (Å²) in [6.45, 7) is 4.13. The SMILES string of the molecule is C=CCOC(COc1ccccc1)CC(C(=O)OC)C(=O)c1ccccc1. The molecule has 2 aromatic rings. The summed E-state index contributed by atoms with van der Waals surface area (Å²) in [5.74, 6) is -1.16. The molecule has 0 saturated carbocycles. The Hall–Kier alpha value is -2.92. The van der Waals surface area contributed by atoms with Crippen LogP contribution in [0.15, 0.2) is 73.3 Å². The predicted octanol–water partition coefficient (Wildman–Crippen LogP) is 3.70. The number of para-hydroxylation sites is 1. The number of hydrogen-bond donors (Lipinski definition) is 0. The van der Waals surface area contributed by atoms with Crippen LogP contribution in [0.2, 0.25) is 0 Å². The van der Waals surface area contributed by atoms with Crippen molar-refractivity contribution in [1.29, 1.82) is 0 Å². The van der Waals surface area contributed by atoms with E-state index < -0.39 is 18.0 Å². The average molecular weight is 368 g/mol. The number of benzene rings is 2. The lowest BCUT2D eigenvalue weighted by molar-refractivity contribution is -0.145. The third kappa shape index (κ3) is 6.38. The third-order valence-electron chi connectivity index (χ3n) is 3.99. The van der Waals surface area contributed by atoms with Crippen molar-refractivity contribution in [2.24, 2.45) is 5.92 Å². The molecule has 2 rings (SSSR count). The smallest absolute Gasteiger partial charge is 0.316 e. The van der Waals surface area contributed by atoms with E-state index in [0.29, 0.717) is 11.3 Å². The molecule has 0 fully saturated rings. The lowest BCUT2D eigenvalue weighted by Gasteiger charge is -2.22. The van der Waals surface area contributed by atoms with Crippen LogP contribution in [0.5, 0.6) is 5.75 Å². The number of Topliss-reactive ketones (excluding diaryl/α,β-unsaturated/α-hetero) is 1. The normalized spacial score (nSPS) is 12.6. The first-order valence-corrected chi connectivity index (χ1v) is 8.73. The maximum Gasteiger partial charge on any atom is 0.316 e. The molecule has 5 heteroatoms. The number of methoxy groups -OCH3 is 1. The Kier molecular flexibility index (Phi) is 8.26. The van der Waals surface area contributed by atoms with Gasteiger partial charge in [0.05, 0.1) is 19.8 Å². The van der Waals surface area contributed by atoms with E-state index in [4.69, 9.17) is 14.2 Å². The Bertz CT molecular complexity index is 727. The van der Waals surface area contributed by atoms with Crippen LogP contribution >= 0.6 is 0 Å². The number of carbonyl (C=O) groups excluding carboxylic acids is 2. The van der Waals surface area contributed by atoms with Crippen molar-refractivity contribution in [3.8, 4) is 5.75 Å². The molecular formula is C22H24O5. The monoisotopic (exact) mass is 368 g/mol. The fourth-order valence-electron chi connectivity index (χ4n) is 2.61. The van der Waals surface area contributed by atoms with Gasteiger partial charge in [-0.25, -0.2) is 0 Å². The van der Waals surface area contributed by atoms with Crippen LogP contribution in [0.4, 0.5) is 0 Å². The molecule has 0 aliphatic rings. The Morgan fingerprint density at radius 1 is 1.04 bits per heavy atom. The zero-order chi connectivity index (χ0) is 19.5. The van der Waals surface area contributed by atoms with Gasteiger partial charge in [0.15, 0.2) is 5.78 Å². The number of carbonyl (C=O) groups is 2. The Balaban J connectivity index is 2.12. The maximum absolute atomic E-state index is 12.8. The summed E-state index contributed by atoms with van der Waals surface area (Å²) >= 11 is 0. The quantitative estimate of drug-likeness (QED) is 0.262. The van der Waals surface area contributed by atoms with Crippen molar-refractivity contribution in [3.05, 3.63) is 78.9 Å². The molecule has 142 valence electrons. The topological polar surface area (TPSA) is 61.8 Å². The van der Waals surface area contributed by atoms with Gasteiger partial charge in [0.2, 0.25) is 0 Å². The van der Waals surface area contributed by atoms with Gasteiger partial charge in [-0.3, -0.25) is 9.59 Å². The molecule has 0 aliphatic carbocycles. The highest BCUT2D eigenvalue weighted by Crippen LogP contribution is 2.19. The van der Waals surface area contributed by atoms with E-state index in [1.54, 1.807) is 30.3 Å². The molecule has 0 spiro atoms. The minimum Gasteiger partial charge on any atom is -0.491 e. The first-order valence-electron chi connectivity index (χ1n) is 8.73. The van der Waals surface area contributed by atoms with E-state index in [-0.39, 0.29) is 25.4 Å². The molecule has 0 heterocycles. The fraction of sp³-hybridized carbons (Fsp3) is 0.273. The van der Waals surface area contributed by atoms with Gasteiger partial charge in [-0.05, 0) is 18.6 Å². The second-order valence-corrected chi connectivity index (χ2v) is 5.91. The molecule has 0 saturated heterocycles. The first kappa shape index (κ1) is 20.4. The van der Waals surface area contributed by atoms with Crippen LogP contribution in [0, 0.1) is 5.92 Å². The minimum absolute atomic E-state index is 0.154. The van der Waals surface area contributed by atoms with E-state index in [1.807, 2.05) is 36.4 Å². The van der Waals surface area contributed by atoms with Gasteiger partial charge < -0.3 is 14.2 Å². The van der Waals surface area contributed by atoms with Crippen molar-refractivity contribution in [1.82, 2.24) is 0 Å². The van der Waals surface area contributed by atoms with E-state index in [9.17, 15) is 9.59 Å². The molecule has 0 N–H and O–H groups in total.